The number of esters is 1. The van der Waals surface area contributed by atoms with E-state index in [1.807, 2.05) is 24.3 Å². The maximum Gasteiger partial charge on any atom is 0.365 e. The third kappa shape index (κ3) is 4.40. The number of hydrogen-bond donors (Lipinski definition) is 2. The normalized spacial score (nSPS) is 18.3. The van der Waals surface area contributed by atoms with Crippen LogP contribution in [0.1, 0.15) is 11.1 Å². The fourth-order valence-corrected chi connectivity index (χ4v) is 3.59. The summed E-state index contributed by atoms with van der Waals surface area (Å²) in [5, 5.41) is 3.33. The molecular weight excluding hydrogens is 368 g/mol. The zero-order valence-electron chi connectivity index (χ0n) is 15.3. The number of carbonyl (C=O) groups excluding carboxylic acids is 2. The molecule has 0 saturated heterocycles. The van der Waals surface area contributed by atoms with Crippen molar-refractivity contribution in [3.63, 3.8) is 0 Å². The highest BCUT2D eigenvalue weighted by molar-refractivity contribution is 6.31. The van der Waals surface area contributed by atoms with Gasteiger partial charge in [0, 0.05) is 17.0 Å². The van der Waals surface area contributed by atoms with Crippen LogP contribution in [0.2, 0.25) is 5.02 Å². The minimum Gasteiger partial charge on any atom is -0.495 e. The number of hydrogen-bond acceptors (Lipinski definition) is 4. The van der Waals surface area contributed by atoms with Crippen molar-refractivity contribution < 1.29 is 24.0 Å². The summed E-state index contributed by atoms with van der Waals surface area (Å²) in [6, 6.07) is 12.6. The lowest BCUT2D eigenvalue weighted by atomic mass is 9.94. The van der Waals surface area contributed by atoms with Crippen LogP contribution in [0.3, 0.4) is 0 Å². The summed E-state index contributed by atoms with van der Waals surface area (Å²) in [4.78, 5) is 25.8. The summed E-state index contributed by atoms with van der Waals surface area (Å²) in [5.74, 6) is -0.0113. The van der Waals surface area contributed by atoms with Gasteiger partial charge in [-0.15, -0.1) is 0 Å². The fraction of sp³-hybridized carbons (Fsp3) is 0.300. The van der Waals surface area contributed by atoms with E-state index in [2.05, 4.69) is 5.32 Å². The van der Waals surface area contributed by atoms with Crippen molar-refractivity contribution in [2.45, 2.75) is 19.0 Å². The van der Waals surface area contributed by atoms with Crippen LogP contribution in [0, 0.1) is 0 Å². The molecule has 1 aliphatic heterocycles. The zero-order valence-corrected chi connectivity index (χ0v) is 16.0. The van der Waals surface area contributed by atoms with Gasteiger partial charge in [-0.1, -0.05) is 35.9 Å². The Bertz CT molecular complexity index is 856. The molecule has 2 N–H and O–H groups in total. The number of ether oxygens (including phenoxy) is 2. The van der Waals surface area contributed by atoms with Crippen molar-refractivity contribution in [1.82, 2.24) is 0 Å². The third-order valence-corrected chi connectivity index (χ3v) is 5.00. The Morgan fingerprint density at radius 3 is 2.63 bits per heavy atom. The fourth-order valence-electron chi connectivity index (χ4n) is 3.42. The minimum atomic E-state index is -0.420. The number of benzene rings is 2. The van der Waals surface area contributed by atoms with Crippen LogP contribution in [0.4, 0.5) is 5.69 Å². The number of anilines is 1. The van der Waals surface area contributed by atoms with E-state index in [9.17, 15) is 9.59 Å². The Labute approximate surface area is 163 Å². The van der Waals surface area contributed by atoms with Gasteiger partial charge in [0.05, 0.1) is 19.9 Å². The zero-order chi connectivity index (χ0) is 19.4. The van der Waals surface area contributed by atoms with E-state index in [0.29, 0.717) is 29.4 Å². The van der Waals surface area contributed by atoms with E-state index < -0.39 is 6.04 Å². The number of nitrogens with one attached hydrogen (secondary N) is 2. The van der Waals surface area contributed by atoms with E-state index in [4.69, 9.17) is 21.1 Å². The summed E-state index contributed by atoms with van der Waals surface area (Å²) in [6.45, 7) is 0.708. The maximum atomic E-state index is 12.6. The second kappa shape index (κ2) is 8.41. The minimum absolute atomic E-state index is 0.129. The van der Waals surface area contributed by atoms with Crippen molar-refractivity contribution in [2.75, 3.05) is 26.1 Å². The highest BCUT2D eigenvalue weighted by Crippen LogP contribution is 2.27. The first-order valence-electron chi connectivity index (χ1n) is 8.64. The van der Waals surface area contributed by atoms with E-state index >= 15 is 0 Å². The second-order valence-corrected chi connectivity index (χ2v) is 6.89. The Morgan fingerprint density at radius 2 is 1.93 bits per heavy atom. The molecule has 0 radical (unpaired) electrons. The molecule has 0 bridgehead atoms. The third-order valence-electron chi connectivity index (χ3n) is 4.76. The Hall–Kier alpha value is -2.57. The molecule has 27 heavy (non-hydrogen) atoms. The van der Waals surface area contributed by atoms with Crippen LogP contribution in [-0.2, 0) is 27.3 Å². The van der Waals surface area contributed by atoms with Gasteiger partial charge in [0.15, 0.2) is 12.6 Å². The smallest absolute Gasteiger partial charge is 0.365 e. The van der Waals surface area contributed by atoms with Crippen molar-refractivity contribution in [1.29, 1.82) is 0 Å². The number of amides is 1. The first-order chi connectivity index (χ1) is 13.0. The lowest BCUT2D eigenvalue weighted by Crippen LogP contribution is -3.17. The van der Waals surface area contributed by atoms with E-state index in [1.165, 1.54) is 14.2 Å². The monoisotopic (exact) mass is 389 g/mol. The average Bonchev–Trinajstić information content (AvgIpc) is 2.67. The molecule has 0 saturated carbocycles. The van der Waals surface area contributed by atoms with Crippen molar-refractivity contribution in [3.05, 3.63) is 58.6 Å². The molecule has 142 valence electrons. The molecule has 6 nitrogen and oxygen atoms in total. The molecule has 7 heteroatoms. The maximum absolute atomic E-state index is 12.6. The van der Waals surface area contributed by atoms with Crippen LogP contribution in [0.15, 0.2) is 42.5 Å². The van der Waals surface area contributed by atoms with Crippen molar-refractivity contribution >= 4 is 29.2 Å². The first-order valence-corrected chi connectivity index (χ1v) is 9.02. The lowest BCUT2D eigenvalue weighted by molar-refractivity contribution is -0.924. The van der Waals surface area contributed by atoms with Gasteiger partial charge in [0.1, 0.15) is 12.3 Å². The Morgan fingerprint density at radius 1 is 1.19 bits per heavy atom. The number of fused-ring (bicyclic) bond motifs is 1. The van der Waals surface area contributed by atoms with E-state index in [0.717, 1.165) is 16.0 Å². The predicted octanol–water partition coefficient (Wildman–Crippen LogP) is 1.47. The second-order valence-electron chi connectivity index (χ2n) is 6.45. The number of halogens is 1. The molecule has 1 aliphatic rings. The van der Waals surface area contributed by atoms with Gasteiger partial charge in [0.2, 0.25) is 0 Å². The standard InChI is InChI=1S/C20H21ClN2O4/c1-26-18-8-7-15(21)10-16(18)22-19(24)12-23-11-14-6-4-3-5-13(14)9-17(23)20(25)27-2/h3-8,10,17H,9,11-12H2,1-2H3,(H,22,24)/p+1/t17-/m1/s1. The molecule has 3 rings (SSSR count). The van der Waals surface area contributed by atoms with Gasteiger partial charge in [-0.2, -0.15) is 0 Å². The van der Waals surface area contributed by atoms with Crippen LogP contribution >= 0.6 is 11.6 Å². The van der Waals surface area contributed by atoms with Crippen LogP contribution in [0.25, 0.3) is 0 Å². The quantitative estimate of drug-likeness (QED) is 0.760. The van der Waals surface area contributed by atoms with Gasteiger partial charge < -0.3 is 19.7 Å². The molecule has 1 unspecified atom stereocenters. The molecule has 2 aromatic rings. The number of rotatable bonds is 5. The first kappa shape index (κ1) is 19.2. The highest BCUT2D eigenvalue weighted by Gasteiger charge is 2.37. The van der Waals surface area contributed by atoms with Crippen molar-refractivity contribution in [2.24, 2.45) is 0 Å². The average molecular weight is 390 g/mol. The summed E-state index contributed by atoms with van der Waals surface area (Å²) >= 11 is 6.02. The largest absolute Gasteiger partial charge is 0.495 e. The molecule has 1 amide bonds. The van der Waals surface area contributed by atoms with Crippen LogP contribution < -0.4 is 15.0 Å². The molecule has 0 aliphatic carbocycles. The molecule has 0 spiro atoms. The van der Waals surface area contributed by atoms with Crippen LogP contribution in [-0.4, -0.2) is 38.7 Å². The Balaban J connectivity index is 1.77. The van der Waals surface area contributed by atoms with Crippen molar-refractivity contribution in [3.8, 4) is 5.75 Å². The predicted molar refractivity (Wildman–Crippen MR) is 102 cm³/mol. The molecular formula is C20H22ClN2O4+. The molecule has 2 aromatic carbocycles. The van der Waals surface area contributed by atoms with Gasteiger partial charge in [-0.05, 0) is 23.8 Å². The van der Waals surface area contributed by atoms with Gasteiger partial charge in [0.25, 0.3) is 5.91 Å². The highest BCUT2D eigenvalue weighted by atomic mass is 35.5. The van der Waals surface area contributed by atoms with Gasteiger partial charge in [-0.3, -0.25) is 4.79 Å². The van der Waals surface area contributed by atoms with Crippen LogP contribution in [0.5, 0.6) is 5.75 Å². The number of methoxy groups -OCH3 is 2. The topological polar surface area (TPSA) is 69.1 Å². The Kier molecular flexibility index (Phi) is 5.98. The summed E-state index contributed by atoms with van der Waals surface area (Å²) in [7, 11) is 2.90. The SMILES string of the molecule is COC(=O)[C@H]1Cc2ccccc2C[NH+]1CC(=O)Nc1cc(Cl)ccc1OC. The number of quaternary nitrogens is 1. The van der Waals surface area contributed by atoms with Gasteiger partial charge >= 0.3 is 5.97 Å². The van der Waals surface area contributed by atoms with E-state index in [1.54, 1.807) is 18.2 Å². The summed E-state index contributed by atoms with van der Waals surface area (Å²) < 4.78 is 10.2. The number of carbonyl (C=O) groups is 2. The lowest BCUT2D eigenvalue weighted by Gasteiger charge is -2.31. The summed E-state index contributed by atoms with van der Waals surface area (Å²) in [5.41, 5.74) is 2.76. The van der Waals surface area contributed by atoms with Gasteiger partial charge in [-0.25, -0.2) is 4.79 Å². The molecule has 0 aromatic heterocycles. The molecule has 1 heterocycles. The summed E-state index contributed by atoms with van der Waals surface area (Å²) in [6.07, 6.45) is 0.548. The molecule has 0 fully saturated rings. The molecule has 2 atom stereocenters. The van der Waals surface area contributed by atoms with E-state index in [-0.39, 0.29) is 18.4 Å².